The highest BCUT2D eigenvalue weighted by atomic mass is 32.2. The summed E-state index contributed by atoms with van der Waals surface area (Å²) >= 11 is 0. The van der Waals surface area contributed by atoms with Gasteiger partial charge in [-0.3, -0.25) is 4.79 Å². The van der Waals surface area contributed by atoms with Gasteiger partial charge in [-0.2, -0.15) is 0 Å². The maximum Gasteiger partial charge on any atom is 0.305 e. The lowest BCUT2D eigenvalue weighted by atomic mass is 10.2. The number of aliphatic hydroxyl groups excluding tert-OH is 1. The molecular formula is C10H19NO5S. The fourth-order valence-electron chi connectivity index (χ4n) is 1.44. The van der Waals surface area contributed by atoms with Crippen molar-refractivity contribution in [2.45, 2.75) is 31.8 Å². The second-order valence-electron chi connectivity index (χ2n) is 4.25. The lowest BCUT2D eigenvalue weighted by Gasteiger charge is -2.10. The van der Waals surface area contributed by atoms with Gasteiger partial charge in [-0.25, -0.2) is 13.1 Å². The molecule has 1 saturated carbocycles. The van der Waals surface area contributed by atoms with Crippen LogP contribution in [0, 0.1) is 5.92 Å². The Morgan fingerprint density at radius 1 is 1.53 bits per heavy atom. The zero-order valence-corrected chi connectivity index (χ0v) is 10.7. The highest BCUT2D eigenvalue weighted by Crippen LogP contribution is 2.32. The van der Waals surface area contributed by atoms with Gasteiger partial charge in [0.15, 0.2) is 0 Å². The highest BCUT2D eigenvalue weighted by molar-refractivity contribution is 7.89. The summed E-state index contributed by atoms with van der Waals surface area (Å²) in [5.74, 6) is -0.301. The third kappa shape index (κ3) is 5.99. The molecule has 6 nitrogen and oxygen atoms in total. The number of carbonyl (C=O) groups is 1. The van der Waals surface area contributed by atoms with Gasteiger partial charge >= 0.3 is 5.97 Å². The highest BCUT2D eigenvalue weighted by Gasteiger charge is 2.30. The Kier molecular flexibility index (Phi) is 5.35. The Balaban J connectivity index is 2.18. The molecule has 0 heterocycles. The second-order valence-corrected chi connectivity index (χ2v) is 6.18. The third-order valence-electron chi connectivity index (χ3n) is 2.70. The van der Waals surface area contributed by atoms with E-state index in [0.717, 1.165) is 12.8 Å². The van der Waals surface area contributed by atoms with Crippen LogP contribution in [0.1, 0.15) is 25.7 Å². The van der Waals surface area contributed by atoms with Gasteiger partial charge in [0.05, 0.1) is 19.0 Å². The number of aliphatic hydroxyl groups is 1. The standard InChI is InChI=1S/C10H19NO5S/c1-16-10(13)3-2-6-17(14,15)11-7-9(12)8-4-5-8/h8-9,11-12H,2-7H2,1H3. The number of rotatable bonds is 8. The summed E-state index contributed by atoms with van der Waals surface area (Å²) in [5.41, 5.74) is 0. The summed E-state index contributed by atoms with van der Waals surface area (Å²) in [7, 11) is -2.14. The van der Waals surface area contributed by atoms with E-state index in [0.29, 0.717) is 0 Å². The van der Waals surface area contributed by atoms with E-state index in [4.69, 9.17) is 0 Å². The summed E-state index contributed by atoms with van der Waals surface area (Å²) in [5, 5.41) is 9.50. The first-order valence-electron chi connectivity index (χ1n) is 5.67. The predicted octanol–water partition coefficient (Wildman–Crippen LogP) is -0.370. The SMILES string of the molecule is COC(=O)CCCS(=O)(=O)NCC(O)C1CC1. The zero-order valence-electron chi connectivity index (χ0n) is 9.89. The molecule has 0 aromatic heterocycles. The van der Waals surface area contributed by atoms with Crippen molar-refractivity contribution in [2.24, 2.45) is 5.92 Å². The van der Waals surface area contributed by atoms with E-state index in [1.165, 1.54) is 7.11 Å². The van der Waals surface area contributed by atoms with Crippen LogP contribution in [0.5, 0.6) is 0 Å². The molecule has 0 spiro atoms. The molecule has 100 valence electrons. The van der Waals surface area contributed by atoms with Gasteiger partial charge in [-0.05, 0) is 25.2 Å². The van der Waals surface area contributed by atoms with Crippen molar-refractivity contribution in [2.75, 3.05) is 19.4 Å². The van der Waals surface area contributed by atoms with E-state index in [1.54, 1.807) is 0 Å². The number of ether oxygens (including phenoxy) is 1. The number of carbonyl (C=O) groups excluding carboxylic acids is 1. The van der Waals surface area contributed by atoms with Gasteiger partial charge in [0, 0.05) is 13.0 Å². The number of methoxy groups -OCH3 is 1. The minimum absolute atomic E-state index is 0.0607. The van der Waals surface area contributed by atoms with Crippen LogP contribution in [-0.4, -0.2) is 45.0 Å². The summed E-state index contributed by atoms with van der Waals surface area (Å²) in [4.78, 5) is 10.8. The van der Waals surface area contributed by atoms with Crippen LogP contribution in [0.2, 0.25) is 0 Å². The van der Waals surface area contributed by atoms with Crippen molar-refractivity contribution < 1.29 is 23.1 Å². The Labute approximate surface area is 101 Å². The van der Waals surface area contributed by atoms with Crippen molar-refractivity contribution in [3.63, 3.8) is 0 Å². The predicted molar refractivity (Wildman–Crippen MR) is 61.8 cm³/mol. The van der Waals surface area contributed by atoms with Crippen LogP contribution in [0.4, 0.5) is 0 Å². The Morgan fingerprint density at radius 3 is 2.71 bits per heavy atom. The largest absolute Gasteiger partial charge is 0.469 e. The fraction of sp³-hybridized carbons (Fsp3) is 0.900. The first-order chi connectivity index (χ1) is 7.94. The van der Waals surface area contributed by atoms with Gasteiger partial charge in [0.2, 0.25) is 10.0 Å². The summed E-state index contributed by atoms with van der Waals surface area (Å²) < 4.78 is 29.7. The van der Waals surface area contributed by atoms with Gasteiger partial charge in [0.1, 0.15) is 0 Å². The van der Waals surface area contributed by atoms with Crippen LogP contribution in [0.25, 0.3) is 0 Å². The lowest BCUT2D eigenvalue weighted by molar-refractivity contribution is -0.140. The molecule has 0 saturated heterocycles. The molecule has 0 aliphatic heterocycles. The fourth-order valence-corrected chi connectivity index (χ4v) is 2.53. The molecule has 17 heavy (non-hydrogen) atoms. The van der Waals surface area contributed by atoms with Gasteiger partial charge < -0.3 is 9.84 Å². The van der Waals surface area contributed by atoms with E-state index < -0.39 is 22.1 Å². The molecule has 0 aromatic carbocycles. The zero-order chi connectivity index (χ0) is 12.9. The topological polar surface area (TPSA) is 92.7 Å². The van der Waals surface area contributed by atoms with E-state index >= 15 is 0 Å². The monoisotopic (exact) mass is 265 g/mol. The molecule has 1 rings (SSSR count). The molecule has 1 unspecified atom stereocenters. The maximum atomic E-state index is 11.5. The lowest BCUT2D eigenvalue weighted by Crippen LogP contribution is -2.34. The maximum absolute atomic E-state index is 11.5. The van der Waals surface area contributed by atoms with Crippen LogP contribution in [0.3, 0.4) is 0 Å². The summed E-state index contributed by atoms with van der Waals surface area (Å²) in [6.07, 6.45) is 1.64. The normalized spacial score (nSPS) is 17.8. The van der Waals surface area contributed by atoms with Crippen molar-refractivity contribution in [1.82, 2.24) is 4.72 Å². The molecular weight excluding hydrogens is 246 g/mol. The van der Waals surface area contributed by atoms with E-state index in [1.807, 2.05) is 0 Å². The number of hydrogen-bond acceptors (Lipinski definition) is 5. The molecule has 0 amide bonds. The summed E-state index contributed by atoms with van der Waals surface area (Å²) in [6.45, 7) is 0.0607. The van der Waals surface area contributed by atoms with E-state index in [2.05, 4.69) is 9.46 Å². The van der Waals surface area contributed by atoms with Crippen LogP contribution in [-0.2, 0) is 19.6 Å². The van der Waals surface area contributed by atoms with Gasteiger partial charge in [0.25, 0.3) is 0 Å². The quantitative estimate of drug-likeness (QED) is 0.584. The van der Waals surface area contributed by atoms with E-state index in [9.17, 15) is 18.3 Å². The number of esters is 1. The molecule has 0 bridgehead atoms. The van der Waals surface area contributed by atoms with Crippen LogP contribution in [0.15, 0.2) is 0 Å². The average molecular weight is 265 g/mol. The van der Waals surface area contributed by atoms with Gasteiger partial charge in [-0.1, -0.05) is 0 Å². The van der Waals surface area contributed by atoms with E-state index in [-0.39, 0.29) is 31.1 Å². The van der Waals surface area contributed by atoms with Crippen molar-refractivity contribution >= 4 is 16.0 Å². The summed E-state index contributed by atoms with van der Waals surface area (Å²) in [6, 6.07) is 0. The molecule has 1 fully saturated rings. The molecule has 7 heteroatoms. The van der Waals surface area contributed by atoms with Crippen molar-refractivity contribution in [3.05, 3.63) is 0 Å². The number of sulfonamides is 1. The third-order valence-corrected chi connectivity index (χ3v) is 4.13. The number of nitrogens with one attached hydrogen (secondary N) is 1. The first-order valence-corrected chi connectivity index (χ1v) is 7.32. The average Bonchev–Trinajstić information content (AvgIpc) is 3.09. The minimum Gasteiger partial charge on any atom is -0.469 e. The Bertz CT molecular complexity index is 350. The first kappa shape index (κ1) is 14.4. The molecule has 1 aliphatic carbocycles. The molecule has 0 aromatic rings. The number of hydrogen-bond donors (Lipinski definition) is 2. The van der Waals surface area contributed by atoms with Gasteiger partial charge in [-0.15, -0.1) is 0 Å². The Hall–Kier alpha value is -0.660. The van der Waals surface area contributed by atoms with Crippen LogP contribution < -0.4 is 4.72 Å². The molecule has 1 aliphatic rings. The minimum atomic E-state index is -3.40. The van der Waals surface area contributed by atoms with Crippen molar-refractivity contribution in [1.29, 1.82) is 0 Å². The molecule has 0 radical (unpaired) electrons. The molecule has 1 atom stereocenters. The second kappa shape index (κ2) is 6.32. The smallest absolute Gasteiger partial charge is 0.305 e. The van der Waals surface area contributed by atoms with Crippen molar-refractivity contribution in [3.8, 4) is 0 Å². The Morgan fingerprint density at radius 2 is 2.18 bits per heavy atom. The van der Waals surface area contributed by atoms with Crippen LogP contribution >= 0.6 is 0 Å². The molecule has 2 N–H and O–H groups in total.